The number of aliphatic carboxylic acids is 1. The van der Waals surface area contributed by atoms with Crippen LogP contribution in [0.4, 0.5) is 4.79 Å². The number of carboxylic acid groups (broad SMARTS) is 1. The molecule has 0 unspecified atom stereocenters. The van der Waals surface area contributed by atoms with Gasteiger partial charge in [0.25, 0.3) is 5.91 Å². The van der Waals surface area contributed by atoms with E-state index in [2.05, 4.69) is 21.2 Å². The van der Waals surface area contributed by atoms with Gasteiger partial charge in [0, 0.05) is 5.70 Å². The van der Waals surface area contributed by atoms with Crippen molar-refractivity contribution < 1.29 is 48.0 Å². The Bertz CT molecular complexity index is 1370. The average Bonchev–Trinajstić information content (AvgIpc) is 2.94. The van der Waals surface area contributed by atoms with Crippen molar-refractivity contribution in [2.45, 2.75) is 19.9 Å². The molecule has 0 aromatic heterocycles. The Kier molecular flexibility index (Phi) is 10.5. The zero-order valence-corrected chi connectivity index (χ0v) is 22.8. The Labute approximate surface area is 235 Å². The summed E-state index contributed by atoms with van der Waals surface area (Å²) < 4.78 is 26.5. The smallest absolute Gasteiger partial charge is 0.341 e. The molecule has 1 atom stereocenters. The third-order valence-electron chi connectivity index (χ3n) is 5.59. The molecule has 1 aliphatic heterocycles. The fourth-order valence-electron chi connectivity index (χ4n) is 3.78. The summed E-state index contributed by atoms with van der Waals surface area (Å²) in [5.74, 6) is -1.20. The number of carboxylic acids is 1. The standard InChI is InChI=1S/C27H30N4O10/c1-5-39-26(35)24-15(2)29-27(36)30-25(24)17-7-9-19(21(11-17)38-4)40-13-22(32)31-28-12-16-6-8-18(20(10-16)37-3)41-14-23(33)34/h6-12,25H,5,13-14H2,1-4H3,(H,31,32)(H,33,34)(H2,29,30,36)/b28-12-/t25-/m1/s1. The summed E-state index contributed by atoms with van der Waals surface area (Å²) >= 11 is 0. The lowest BCUT2D eigenvalue weighted by atomic mass is 9.95. The number of hydrogen-bond acceptors (Lipinski definition) is 10. The van der Waals surface area contributed by atoms with Crippen LogP contribution in [0.5, 0.6) is 23.0 Å². The van der Waals surface area contributed by atoms with Gasteiger partial charge in [-0.25, -0.2) is 19.8 Å². The number of amides is 3. The van der Waals surface area contributed by atoms with E-state index >= 15 is 0 Å². The van der Waals surface area contributed by atoms with Crippen molar-refractivity contribution in [3.8, 4) is 23.0 Å². The van der Waals surface area contributed by atoms with E-state index in [-0.39, 0.29) is 29.4 Å². The second kappa shape index (κ2) is 14.2. The quantitative estimate of drug-likeness (QED) is 0.158. The van der Waals surface area contributed by atoms with Crippen LogP contribution in [-0.2, 0) is 19.1 Å². The maximum Gasteiger partial charge on any atom is 0.341 e. The van der Waals surface area contributed by atoms with Gasteiger partial charge in [-0.15, -0.1) is 0 Å². The van der Waals surface area contributed by atoms with Crippen LogP contribution in [0, 0.1) is 0 Å². The number of carbonyl (C=O) groups is 4. The second-order valence-corrected chi connectivity index (χ2v) is 8.38. The maximum absolute atomic E-state index is 12.6. The first-order valence-corrected chi connectivity index (χ1v) is 12.3. The summed E-state index contributed by atoms with van der Waals surface area (Å²) in [5, 5.41) is 17.9. The monoisotopic (exact) mass is 570 g/mol. The fraction of sp³-hybridized carbons (Fsp3) is 0.296. The van der Waals surface area contributed by atoms with Gasteiger partial charge in [-0.3, -0.25) is 4.79 Å². The lowest BCUT2D eigenvalue weighted by molar-refractivity contribution is -0.140. The topological polar surface area (TPSA) is 183 Å². The van der Waals surface area contributed by atoms with Crippen LogP contribution >= 0.6 is 0 Å². The number of urea groups is 1. The van der Waals surface area contributed by atoms with E-state index in [9.17, 15) is 19.2 Å². The largest absolute Gasteiger partial charge is 0.493 e. The van der Waals surface area contributed by atoms with Crippen LogP contribution in [0.15, 0.2) is 52.8 Å². The predicted molar refractivity (Wildman–Crippen MR) is 144 cm³/mol. The van der Waals surface area contributed by atoms with Gasteiger partial charge in [-0.2, -0.15) is 5.10 Å². The summed E-state index contributed by atoms with van der Waals surface area (Å²) in [7, 11) is 2.82. The molecule has 2 aromatic carbocycles. The van der Waals surface area contributed by atoms with Crippen LogP contribution in [-0.4, -0.2) is 69.2 Å². The van der Waals surface area contributed by atoms with E-state index in [4.69, 9.17) is 28.8 Å². The number of nitrogens with zero attached hydrogens (tertiary/aromatic N) is 1. The van der Waals surface area contributed by atoms with Gasteiger partial charge in [-0.05, 0) is 55.3 Å². The summed E-state index contributed by atoms with van der Waals surface area (Å²) in [5.41, 5.74) is 4.05. The molecule has 2 aromatic rings. The van der Waals surface area contributed by atoms with Crippen molar-refractivity contribution >= 4 is 30.1 Å². The lowest BCUT2D eigenvalue weighted by Gasteiger charge is -2.28. The van der Waals surface area contributed by atoms with Crippen LogP contribution < -0.4 is 35.0 Å². The van der Waals surface area contributed by atoms with Crippen LogP contribution in [0.3, 0.4) is 0 Å². The Balaban J connectivity index is 1.64. The van der Waals surface area contributed by atoms with Crippen molar-refractivity contribution in [3.05, 3.63) is 58.8 Å². The molecular formula is C27H30N4O10. The Morgan fingerprint density at radius 1 is 1.00 bits per heavy atom. The first-order valence-electron chi connectivity index (χ1n) is 12.3. The fourth-order valence-corrected chi connectivity index (χ4v) is 3.78. The highest BCUT2D eigenvalue weighted by Crippen LogP contribution is 2.34. The minimum absolute atomic E-state index is 0.169. The SMILES string of the molecule is CCOC(=O)C1=C(C)NC(=O)N[C@@H]1c1ccc(OCC(=O)N/N=C\c2ccc(OCC(=O)O)c(OC)c2)c(OC)c1. The summed E-state index contributed by atoms with van der Waals surface area (Å²) in [6.07, 6.45) is 1.36. The molecule has 0 radical (unpaired) electrons. The molecule has 218 valence electrons. The minimum Gasteiger partial charge on any atom is -0.493 e. The van der Waals surface area contributed by atoms with Crippen molar-refractivity contribution in [2.24, 2.45) is 5.10 Å². The molecule has 4 N–H and O–H groups in total. The van der Waals surface area contributed by atoms with Crippen molar-refractivity contribution in [1.29, 1.82) is 0 Å². The highest BCUT2D eigenvalue weighted by molar-refractivity contribution is 5.95. The molecule has 3 amide bonds. The molecule has 1 aliphatic rings. The molecule has 41 heavy (non-hydrogen) atoms. The molecule has 0 aliphatic carbocycles. The van der Waals surface area contributed by atoms with Gasteiger partial charge in [0.2, 0.25) is 0 Å². The number of ether oxygens (including phenoxy) is 5. The normalized spacial score (nSPS) is 14.5. The Morgan fingerprint density at radius 2 is 1.66 bits per heavy atom. The van der Waals surface area contributed by atoms with Crippen molar-refractivity contribution in [3.63, 3.8) is 0 Å². The molecule has 14 nitrogen and oxygen atoms in total. The summed E-state index contributed by atoms with van der Waals surface area (Å²) in [6.45, 7) is 2.55. The first-order chi connectivity index (χ1) is 19.7. The van der Waals surface area contributed by atoms with Gasteiger partial charge < -0.3 is 39.4 Å². The highest BCUT2D eigenvalue weighted by Gasteiger charge is 2.32. The van der Waals surface area contributed by atoms with E-state index in [0.29, 0.717) is 22.6 Å². The number of allylic oxidation sites excluding steroid dienone is 1. The number of hydrogen-bond donors (Lipinski definition) is 4. The minimum atomic E-state index is -1.12. The van der Waals surface area contributed by atoms with Crippen LogP contribution in [0.1, 0.15) is 31.0 Å². The van der Waals surface area contributed by atoms with E-state index in [1.165, 1.54) is 26.5 Å². The number of hydrazone groups is 1. The number of esters is 1. The van der Waals surface area contributed by atoms with Gasteiger partial charge in [0.1, 0.15) is 0 Å². The number of benzene rings is 2. The maximum atomic E-state index is 12.6. The van der Waals surface area contributed by atoms with Crippen molar-refractivity contribution in [2.75, 3.05) is 34.0 Å². The summed E-state index contributed by atoms with van der Waals surface area (Å²) in [6, 6.07) is 8.19. The number of methoxy groups -OCH3 is 2. The Morgan fingerprint density at radius 3 is 2.32 bits per heavy atom. The third-order valence-corrected chi connectivity index (χ3v) is 5.59. The predicted octanol–water partition coefficient (Wildman–Crippen LogP) is 1.89. The van der Waals surface area contributed by atoms with E-state index < -0.39 is 43.1 Å². The van der Waals surface area contributed by atoms with E-state index in [0.717, 1.165) is 0 Å². The molecule has 0 saturated heterocycles. The van der Waals surface area contributed by atoms with E-state index in [1.54, 1.807) is 44.2 Å². The van der Waals surface area contributed by atoms with Crippen molar-refractivity contribution in [1.82, 2.24) is 16.1 Å². The molecule has 0 fully saturated rings. The number of rotatable bonds is 13. The average molecular weight is 571 g/mol. The van der Waals surface area contributed by atoms with Gasteiger partial charge in [0.15, 0.2) is 36.2 Å². The van der Waals surface area contributed by atoms with Gasteiger partial charge >= 0.3 is 18.0 Å². The highest BCUT2D eigenvalue weighted by atomic mass is 16.5. The number of nitrogens with one attached hydrogen (secondary N) is 3. The molecule has 0 spiro atoms. The molecule has 1 heterocycles. The molecule has 14 heteroatoms. The second-order valence-electron chi connectivity index (χ2n) is 8.38. The first kappa shape index (κ1) is 30.3. The Hall–Kier alpha value is -5.27. The summed E-state index contributed by atoms with van der Waals surface area (Å²) in [4.78, 5) is 47.7. The van der Waals surface area contributed by atoms with Crippen LogP contribution in [0.2, 0.25) is 0 Å². The molecular weight excluding hydrogens is 540 g/mol. The van der Waals surface area contributed by atoms with Gasteiger partial charge in [0.05, 0.1) is 38.7 Å². The third kappa shape index (κ3) is 8.11. The lowest BCUT2D eigenvalue weighted by Crippen LogP contribution is -2.45. The van der Waals surface area contributed by atoms with Crippen LogP contribution in [0.25, 0.3) is 0 Å². The van der Waals surface area contributed by atoms with E-state index in [1.807, 2.05) is 0 Å². The molecule has 0 bridgehead atoms. The molecule has 0 saturated carbocycles. The van der Waals surface area contributed by atoms with Gasteiger partial charge in [-0.1, -0.05) is 6.07 Å². The zero-order valence-electron chi connectivity index (χ0n) is 22.8. The molecule has 3 rings (SSSR count). The zero-order chi connectivity index (χ0) is 29.9. The number of carbonyl (C=O) groups excluding carboxylic acids is 3.